The number of rotatable bonds is 2. The second kappa shape index (κ2) is 3.88. The molecular weight excluding hydrogens is 186 g/mol. The van der Waals surface area contributed by atoms with E-state index in [0.29, 0.717) is 5.56 Å². The van der Waals surface area contributed by atoms with Gasteiger partial charge in [-0.15, -0.1) is 0 Å². The van der Waals surface area contributed by atoms with Crippen molar-refractivity contribution in [3.63, 3.8) is 0 Å². The number of nitrogens with zero attached hydrogens (tertiary/aromatic N) is 1. The van der Waals surface area contributed by atoms with Crippen molar-refractivity contribution in [1.82, 2.24) is 0 Å². The summed E-state index contributed by atoms with van der Waals surface area (Å²) in [5, 5.41) is 18.7. The number of hydrogen-bond donors (Lipinski definition) is 1. The molecule has 0 bridgehead atoms. The van der Waals surface area contributed by atoms with Crippen LogP contribution in [0.5, 0.6) is 0 Å². The molecule has 15 heavy (non-hydrogen) atoms. The summed E-state index contributed by atoms with van der Waals surface area (Å²) in [6.45, 7) is 1.96. The first-order valence-electron chi connectivity index (χ1n) is 5.16. The van der Waals surface area contributed by atoms with Crippen molar-refractivity contribution in [3.05, 3.63) is 41.0 Å². The standard InChI is InChI=1S/C13H13NO/c1-2-13(15)11-6-5-10-4-3-9(8-14)7-12(10)11/h3-7,11,13,15H,2H2,1H3. The maximum atomic E-state index is 9.83. The minimum Gasteiger partial charge on any atom is -0.392 e. The molecule has 1 aromatic rings. The molecule has 0 radical (unpaired) electrons. The lowest BCUT2D eigenvalue weighted by molar-refractivity contribution is 0.156. The van der Waals surface area contributed by atoms with Crippen molar-refractivity contribution in [1.29, 1.82) is 5.26 Å². The van der Waals surface area contributed by atoms with Gasteiger partial charge in [0, 0.05) is 5.92 Å². The normalized spacial score (nSPS) is 19.7. The monoisotopic (exact) mass is 199 g/mol. The average molecular weight is 199 g/mol. The van der Waals surface area contributed by atoms with Crippen LogP contribution in [0.15, 0.2) is 24.3 Å². The first-order chi connectivity index (χ1) is 7.26. The zero-order valence-electron chi connectivity index (χ0n) is 8.64. The molecule has 2 unspecified atom stereocenters. The Morgan fingerprint density at radius 1 is 1.53 bits per heavy atom. The summed E-state index contributed by atoms with van der Waals surface area (Å²) in [7, 11) is 0. The Hall–Kier alpha value is -1.59. The van der Waals surface area contributed by atoms with Gasteiger partial charge in [-0.1, -0.05) is 25.1 Å². The largest absolute Gasteiger partial charge is 0.392 e. The van der Waals surface area contributed by atoms with Gasteiger partial charge in [-0.3, -0.25) is 0 Å². The van der Waals surface area contributed by atoms with Crippen LogP contribution in [-0.2, 0) is 0 Å². The van der Waals surface area contributed by atoms with Gasteiger partial charge in [0.1, 0.15) is 0 Å². The lowest BCUT2D eigenvalue weighted by atomic mass is 9.93. The number of aliphatic hydroxyl groups is 1. The van der Waals surface area contributed by atoms with E-state index in [9.17, 15) is 5.11 Å². The Kier molecular flexibility index (Phi) is 2.57. The molecule has 1 aliphatic rings. The summed E-state index contributed by atoms with van der Waals surface area (Å²) in [6.07, 6.45) is 4.40. The molecule has 0 saturated heterocycles. The number of benzene rings is 1. The molecular formula is C13H13NO. The second-order valence-corrected chi connectivity index (χ2v) is 3.82. The molecule has 0 spiro atoms. The molecule has 1 aliphatic carbocycles. The second-order valence-electron chi connectivity index (χ2n) is 3.82. The van der Waals surface area contributed by atoms with E-state index >= 15 is 0 Å². The first kappa shape index (κ1) is 9.95. The molecule has 1 aromatic carbocycles. The molecule has 0 saturated carbocycles. The van der Waals surface area contributed by atoms with Crippen LogP contribution in [0.2, 0.25) is 0 Å². The van der Waals surface area contributed by atoms with Gasteiger partial charge in [0.25, 0.3) is 0 Å². The Balaban J connectivity index is 2.40. The van der Waals surface area contributed by atoms with Crippen LogP contribution in [0.25, 0.3) is 6.08 Å². The Morgan fingerprint density at radius 2 is 2.33 bits per heavy atom. The van der Waals surface area contributed by atoms with Crippen LogP contribution in [-0.4, -0.2) is 11.2 Å². The van der Waals surface area contributed by atoms with E-state index in [1.54, 1.807) is 0 Å². The van der Waals surface area contributed by atoms with Gasteiger partial charge >= 0.3 is 0 Å². The van der Waals surface area contributed by atoms with E-state index in [2.05, 4.69) is 6.07 Å². The Morgan fingerprint density at radius 3 is 3.00 bits per heavy atom. The molecule has 1 N–H and O–H groups in total. The molecule has 2 heteroatoms. The molecule has 76 valence electrons. The zero-order chi connectivity index (χ0) is 10.8. The molecule has 0 aliphatic heterocycles. The summed E-state index contributed by atoms with van der Waals surface area (Å²) in [4.78, 5) is 0. The minimum atomic E-state index is -0.351. The first-order valence-corrected chi connectivity index (χ1v) is 5.16. The van der Waals surface area contributed by atoms with Crippen LogP contribution in [0.1, 0.15) is 36.0 Å². The number of aliphatic hydroxyl groups excluding tert-OH is 1. The summed E-state index contributed by atoms with van der Waals surface area (Å²) in [5.74, 6) is 0.0540. The molecule has 0 aromatic heterocycles. The van der Waals surface area contributed by atoms with Crippen LogP contribution in [0.4, 0.5) is 0 Å². The van der Waals surface area contributed by atoms with Crippen molar-refractivity contribution in [3.8, 4) is 6.07 Å². The molecule has 2 atom stereocenters. The Bertz CT molecular complexity index is 442. The maximum absolute atomic E-state index is 9.83. The van der Waals surface area contributed by atoms with Gasteiger partial charge in [-0.2, -0.15) is 5.26 Å². The minimum absolute atomic E-state index is 0.0540. The maximum Gasteiger partial charge on any atom is 0.0991 e. The van der Waals surface area contributed by atoms with Crippen molar-refractivity contribution >= 4 is 6.08 Å². The predicted octanol–water partition coefficient (Wildman–Crippen LogP) is 2.44. The Labute approximate surface area is 89.5 Å². The fourth-order valence-corrected chi connectivity index (χ4v) is 1.99. The third-order valence-electron chi connectivity index (χ3n) is 2.89. The van der Waals surface area contributed by atoms with E-state index in [4.69, 9.17) is 5.26 Å². The van der Waals surface area contributed by atoms with Crippen LogP contribution in [0, 0.1) is 11.3 Å². The summed E-state index contributed by atoms with van der Waals surface area (Å²) in [6, 6.07) is 7.75. The predicted molar refractivity (Wildman–Crippen MR) is 59.2 cm³/mol. The molecule has 2 rings (SSSR count). The smallest absolute Gasteiger partial charge is 0.0991 e. The molecule has 0 amide bonds. The van der Waals surface area contributed by atoms with Crippen LogP contribution < -0.4 is 0 Å². The van der Waals surface area contributed by atoms with E-state index in [1.807, 2.05) is 37.3 Å². The van der Waals surface area contributed by atoms with Crippen molar-refractivity contribution in [2.24, 2.45) is 0 Å². The fourth-order valence-electron chi connectivity index (χ4n) is 1.99. The van der Waals surface area contributed by atoms with Crippen molar-refractivity contribution in [2.75, 3.05) is 0 Å². The summed E-state index contributed by atoms with van der Waals surface area (Å²) in [5.41, 5.74) is 2.85. The highest BCUT2D eigenvalue weighted by atomic mass is 16.3. The topological polar surface area (TPSA) is 44.0 Å². The summed E-state index contributed by atoms with van der Waals surface area (Å²) >= 11 is 0. The van der Waals surface area contributed by atoms with Gasteiger partial charge in [0.05, 0.1) is 17.7 Å². The van der Waals surface area contributed by atoms with Crippen molar-refractivity contribution in [2.45, 2.75) is 25.4 Å². The van der Waals surface area contributed by atoms with Gasteiger partial charge in [0.2, 0.25) is 0 Å². The highest BCUT2D eigenvalue weighted by molar-refractivity contribution is 5.64. The van der Waals surface area contributed by atoms with Gasteiger partial charge < -0.3 is 5.11 Å². The van der Waals surface area contributed by atoms with Crippen LogP contribution >= 0.6 is 0 Å². The van der Waals surface area contributed by atoms with E-state index < -0.39 is 0 Å². The lowest BCUT2D eigenvalue weighted by Gasteiger charge is -2.16. The fraction of sp³-hybridized carbons (Fsp3) is 0.308. The highest BCUT2D eigenvalue weighted by Gasteiger charge is 2.23. The van der Waals surface area contributed by atoms with Gasteiger partial charge in [-0.25, -0.2) is 0 Å². The SMILES string of the molecule is CCC(O)C1C=Cc2ccc(C#N)cc21. The molecule has 0 fully saturated rings. The highest BCUT2D eigenvalue weighted by Crippen LogP contribution is 2.33. The van der Waals surface area contributed by atoms with Crippen molar-refractivity contribution < 1.29 is 5.11 Å². The zero-order valence-corrected chi connectivity index (χ0v) is 8.64. The molecule has 0 heterocycles. The van der Waals surface area contributed by atoms with E-state index in [-0.39, 0.29) is 12.0 Å². The third-order valence-corrected chi connectivity index (χ3v) is 2.89. The van der Waals surface area contributed by atoms with E-state index in [0.717, 1.165) is 17.5 Å². The summed E-state index contributed by atoms with van der Waals surface area (Å²) < 4.78 is 0. The lowest BCUT2D eigenvalue weighted by Crippen LogP contribution is -2.14. The molecule has 2 nitrogen and oxygen atoms in total. The van der Waals surface area contributed by atoms with Gasteiger partial charge in [-0.05, 0) is 29.7 Å². The van der Waals surface area contributed by atoms with Gasteiger partial charge in [0.15, 0.2) is 0 Å². The quantitative estimate of drug-likeness (QED) is 0.795. The number of nitriles is 1. The van der Waals surface area contributed by atoms with Crippen LogP contribution in [0.3, 0.4) is 0 Å². The van der Waals surface area contributed by atoms with E-state index in [1.165, 1.54) is 0 Å². The number of fused-ring (bicyclic) bond motifs is 1. The average Bonchev–Trinajstić information content (AvgIpc) is 2.70. The third kappa shape index (κ3) is 1.67. The number of hydrogen-bond acceptors (Lipinski definition) is 2.